The van der Waals surface area contributed by atoms with E-state index in [1.807, 2.05) is 0 Å². The molecule has 0 saturated carbocycles. The van der Waals surface area contributed by atoms with Crippen LogP contribution >= 0.6 is 0 Å². The van der Waals surface area contributed by atoms with E-state index in [0.717, 1.165) is 6.92 Å². The van der Waals surface area contributed by atoms with E-state index in [4.69, 9.17) is 5.11 Å². The van der Waals surface area contributed by atoms with Crippen molar-refractivity contribution in [1.29, 1.82) is 0 Å². The Labute approximate surface area is 87.3 Å². The Morgan fingerprint density at radius 3 is 2.06 bits per heavy atom. The van der Waals surface area contributed by atoms with E-state index in [9.17, 15) is 22.4 Å². The van der Waals surface area contributed by atoms with Gasteiger partial charge in [0, 0.05) is 6.07 Å². The smallest absolute Gasteiger partial charge is 0.344 e. The molecule has 1 N–H and O–H groups in total. The summed E-state index contributed by atoms with van der Waals surface area (Å²) in [7, 11) is 0. The zero-order valence-corrected chi connectivity index (χ0v) is 7.93. The first kappa shape index (κ1) is 12.3. The zero-order valence-electron chi connectivity index (χ0n) is 7.93. The van der Waals surface area contributed by atoms with Gasteiger partial charge >= 0.3 is 5.97 Å². The van der Waals surface area contributed by atoms with Gasteiger partial charge in [-0.05, 0) is 6.92 Å². The average molecular weight is 238 g/mol. The van der Waals surface area contributed by atoms with Crippen LogP contribution in [-0.4, -0.2) is 17.2 Å². The molecule has 0 spiro atoms. The maximum Gasteiger partial charge on any atom is 0.344 e. The van der Waals surface area contributed by atoms with Crippen LogP contribution in [0.2, 0.25) is 0 Å². The van der Waals surface area contributed by atoms with Crippen LogP contribution in [0.3, 0.4) is 0 Å². The summed E-state index contributed by atoms with van der Waals surface area (Å²) in [5.74, 6) is -9.77. The van der Waals surface area contributed by atoms with Gasteiger partial charge in [-0.15, -0.1) is 0 Å². The van der Waals surface area contributed by atoms with Gasteiger partial charge in [-0.2, -0.15) is 8.78 Å². The summed E-state index contributed by atoms with van der Waals surface area (Å²) >= 11 is 0. The second-order valence-corrected chi connectivity index (χ2v) is 2.90. The summed E-state index contributed by atoms with van der Waals surface area (Å²) in [6.45, 7) is 0.962. The minimum absolute atomic E-state index is 0.00294. The number of carboxylic acids is 1. The van der Waals surface area contributed by atoms with Crippen LogP contribution < -0.4 is 4.74 Å². The number of carboxylic acid groups (broad SMARTS) is 1. The number of aliphatic carboxylic acids is 1. The van der Waals surface area contributed by atoms with Crippen molar-refractivity contribution in [2.75, 3.05) is 0 Å². The lowest BCUT2D eigenvalue weighted by Crippen LogP contribution is -2.24. The molecule has 1 aromatic carbocycles. The molecular formula is C9H6F4O3. The van der Waals surface area contributed by atoms with Gasteiger partial charge in [0.2, 0.25) is 11.6 Å². The molecule has 0 aliphatic heterocycles. The van der Waals surface area contributed by atoms with Gasteiger partial charge < -0.3 is 9.84 Å². The number of halogens is 4. The molecule has 0 aliphatic carbocycles. The predicted octanol–water partition coefficient (Wildman–Crippen LogP) is 2.09. The molecule has 88 valence electrons. The number of ether oxygens (including phenoxy) is 1. The maximum absolute atomic E-state index is 13.0. The standard InChI is InChI=1S/C9H6F4O3/c1-3(9(14)15)16-8-6(12)4(10)2-5(11)7(8)13/h2-3H,1H3,(H,14,15)/t3-/m1/s1. The van der Waals surface area contributed by atoms with E-state index in [0.29, 0.717) is 0 Å². The Balaban J connectivity index is 3.17. The lowest BCUT2D eigenvalue weighted by atomic mass is 10.3. The van der Waals surface area contributed by atoms with Crippen LogP contribution in [0, 0.1) is 23.3 Å². The molecule has 1 rings (SSSR count). The lowest BCUT2D eigenvalue weighted by molar-refractivity contribution is -0.144. The highest BCUT2D eigenvalue weighted by Crippen LogP contribution is 2.27. The quantitative estimate of drug-likeness (QED) is 0.647. The molecule has 16 heavy (non-hydrogen) atoms. The molecule has 0 bridgehead atoms. The fraction of sp³-hybridized carbons (Fsp3) is 0.222. The van der Waals surface area contributed by atoms with E-state index >= 15 is 0 Å². The molecule has 3 nitrogen and oxygen atoms in total. The monoisotopic (exact) mass is 238 g/mol. The molecule has 0 fully saturated rings. The molecule has 0 amide bonds. The van der Waals surface area contributed by atoms with Crippen molar-refractivity contribution in [3.05, 3.63) is 29.3 Å². The SMILES string of the molecule is C[C@@H](Oc1c(F)c(F)cc(F)c1F)C(=O)O. The molecule has 0 radical (unpaired) electrons. The van der Waals surface area contributed by atoms with Crippen LogP contribution in [-0.2, 0) is 4.79 Å². The molecule has 0 aromatic heterocycles. The summed E-state index contributed by atoms with van der Waals surface area (Å²) in [6.07, 6.45) is -1.63. The van der Waals surface area contributed by atoms with E-state index in [-0.39, 0.29) is 6.07 Å². The summed E-state index contributed by atoms with van der Waals surface area (Å²) in [6, 6.07) is 0.00294. The fourth-order valence-corrected chi connectivity index (χ4v) is 0.882. The van der Waals surface area contributed by atoms with Gasteiger partial charge in [0.15, 0.2) is 23.5 Å². The average Bonchev–Trinajstić information content (AvgIpc) is 2.21. The maximum atomic E-state index is 13.0. The number of hydrogen-bond acceptors (Lipinski definition) is 2. The number of carbonyl (C=O) groups is 1. The largest absolute Gasteiger partial charge is 0.479 e. The van der Waals surface area contributed by atoms with Crippen LogP contribution in [0.1, 0.15) is 6.92 Å². The first-order valence-electron chi connectivity index (χ1n) is 4.07. The minimum Gasteiger partial charge on any atom is -0.479 e. The first-order chi connectivity index (χ1) is 7.34. The summed E-state index contributed by atoms with van der Waals surface area (Å²) < 4.78 is 55.5. The van der Waals surface area contributed by atoms with Crippen LogP contribution in [0.5, 0.6) is 5.75 Å². The van der Waals surface area contributed by atoms with Crippen molar-refractivity contribution >= 4 is 5.97 Å². The predicted molar refractivity (Wildman–Crippen MR) is 44.0 cm³/mol. The van der Waals surface area contributed by atoms with Crippen molar-refractivity contribution in [3.63, 3.8) is 0 Å². The second-order valence-electron chi connectivity index (χ2n) is 2.90. The minimum atomic E-state index is -1.77. The van der Waals surface area contributed by atoms with Crippen molar-refractivity contribution < 1.29 is 32.2 Å². The Hall–Kier alpha value is -1.79. The molecule has 0 aliphatic rings. The van der Waals surface area contributed by atoms with Crippen molar-refractivity contribution in [1.82, 2.24) is 0 Å². The molecule has 1 atom stereocenters. The highest BCUT2D eigenvalue weighted by atomic mass is 19.2. The van der Waals surface area contributed by atoms with Gasteiger partial charge in [0.1, 0.15) is 0 Å². The summed E-state index contributed by atoms with van der Waals surface area (Å²) in [4.78, 5) is 10.3. The van der Waals surface area contributed by atoms with Crippen LogP contribution in [0.15, 0.2) is 6.07 Å². The molecule has 1 aromatic rings. The summed E-state index contributed by atoms with van der Waals surface area (Å²) in [5, 5.41) is 8.41. The molecule has 0 heterocycles. The third kappa shape index (κ3) is 2.23. The van der Waals surface area contributed by atoms with Crippen LogP contribution in [0.4, 0.5) is 17.6 Å². The molecule has 7 heteroatoms. The normalized spacial score (nSPS) is 12.3. The van der Waals surface area contributed by atoms with Gasteiger partial charge in [-0.1, -0.05) is 0 Å². The van der Waals surface area contributed by atoms with Crippen molar-refractivity contribution in [3.8, 4) is 5.75 Å². The zero-order chi connectivity index (χ0) is 12.5. The van der Waals surface area contributed by atoms with E-state index < -0.39 is 41.1 Å². The number of hydrogen-bond donors (Lipinski definition) is 1. The first-order valence-corrected chi connectivity index (χ1v) is 4.07. The molecular weight excluding hydrogens is 232 g/mol. The van der Waals surface area contributed by atoms with Gasteiger partial charge in [0.25, 0.3) is 0 Å². The fourth-order valence-electron chi connectivity index (χ4n) is 0.882. The summed E-state index contributed by atoms with van der Waals surface area (Å²) in [5.41, 5.74) is 0. The van der Waals surface area contributed by atoms with E-state index in [1.54, 1.807) is 0 Å². The highest BCUT2D eigenvalue weighted by molar-refractivity contribution is 5.72. The van der Waals surface area contributed by atoms with Crippen molar-refractivity contribution in [2.24, 2.45) is 0 Å². The van der Waals surface area contributed by atoms with E-state index in [1.165, 1.54) is 0 Å². The molecule has 0 unspecified atom stereocenters. The van der Waals surface area contributed by atoms with Gasteiger partial charge in [-0.25, -0.2) is 13.6 Å². The van der Waals surface area contributed by atoms with Crippen LogP contribution in [0.25, 0.3) is 0 Å². The Morgan fingerprint density at radius 1 is 1.25 bits per heavy atom. The third-order valence-electron chi connectivity index (χ3n) is 1.71. The number of rotatable bonds is 3. The van der Waals surface area contributed by atoms with Gasteiger partial charge in [-0.3, -0.25) is 0 Å². The Morgan fingerprint density at radius 2 is 1.69 bits per heavy atom. The van der Waals surface area contributed by atoms with E-state index in [2.05, 4.69) is 4.74 Å². The number of benzene rings is 1. The molecule has 0 saturated heterocycles. The lowest BCUT2D eigenvalue weighted by Gasteiger charge is -2.12. The van der Waals surface area contributed by atoms with Gasteiger partial charge in [0.05, 0.1) is 0 Å². The Kier molecular flexibility index (Phi) is 3.36. The second kappa shape index (κ2) is 4.38. The topological polar surface area (TPSA) is 46.5 Å². The third-order valence-corrected chi connectivity index (χ3v) is 1.71. The Bertz CT molecular complexity index is 407. The van der Waals surface area contributed by atoms with Crippen molar-refractivity contribution in [2.45, 2.75) is 13.0 Å². The highest BCUT2D eigenvalue weighted by Gasteiger charge is 2.24.